The second-order valence-electron chi connectivity index (χ2n) is 9.99. The molecule has 1 fully saturated rings. The monoisotopic (exact) mass is 544 g/mol. The van der Waals surface area contributed by atoms with Gasteiger partial charge in [0, 0.05) is 59.1 Å². The zero-order chi connectivity index (χ0) is 27.6. The third-order valence-electron chi connectivity index (χ3n) is 6.91. The van der Waals surface area contributed by atoms with Gasteiger partial charge in [0.1, 0.15) is 0 Å². The number of benzene rings is 3. The van der Waals surface area contributed by atoms with Crippen molar-refractivity contribution in [2.75, 3.05) is 22.6 Å². The Morgan fingerprint density at radius 3 is 2.21 bits per heavy atom. The highest BCUT2D eigenvalue weighted by atomic mass is 35.5. The summed E-state index contributed by atoms with van der Waals surface area (Å²) in [6, 6.07) is 20.3. The summed E-state index contributed by atoms with van der Waals surface area (Å²) in [5.74, 6) is 0.312. The average molecular weight is 546 g/mol. The number of aliphatic imine (C=N–C) groups is 1. The maximum absolute atomic E-state index is 6.97. The Morgan fingerprint density at radius 2 is 1.61 bits per heavy atom. The number of halogens is 2. The number of nitrogens with one attached hydrogen (secondary N) is 2. The Morgan fingerprint density at radius 1 is 0.974 bits per heavy atom. The van der Waals surface area contributed by atoms with Crippen molar-refractivity contribution in [3.05, 3.63) is 120 Å². The van der Waals surface area contributed by atoms with Gasteiger partial charge in [-0.3, -0.25) is 4.99 Å². The summed E-state index contributed by atoms with van der Waals surface area (Å²) in [4.78, 5) is 5.50. The van der Waals surface area contributed by atoms with Gasteiger partial charge in [0.15, 0.2) is 0 Å². The zero-order valence-corrected chi connectivity index (χ0v) is 23.9. The predicted molar refractivity (Wildman–Crippen MR) is 167 cm³/mol. The van der Waals surface area contributed by atoms with Crippen LogP contribution in [-0.4, -0.2) is 18.3 Å². The molecule has 0 radical (unpaired) electrons. The maximum atomic E-state index is 6.97. The molecule has 0 amide bonds. The van der Waals surface area contributed by atoms with Crippen LogP contribution < -0.4 is 15.5 Å². The van der Waals surface area contributed by atoms with Crippen molar-refractivity contribution < 1.29 is 0 Å². The summed E-state index contributed by atoms with van der Waals surface area (Å²) in [6.07, 6.45) is 3.41. The van der Waals surface area contributed by atoms with Gasteiger partial charge in [-0.1, -0.05) is 60.7 Å². The fraction of sp³-hybridized carbons (Fsp3) is 0.219. The topological polar surface area (TPSA) is 39.7 Å². The Kier molecular flexibility index (Phi) is 8.05. The van der Waals surface area contributed by atoms with Crippen LogP contribution in [0.25, 0.3) is 5.70 Å². The zero-order valence-electron chi connectivity index (χ0n) is 22.4. The molecule has 0 aliphatic heterocycles. The molecule has 3 unspecified atom stereocenters. The minimum Gasteiger partial charge on any atom is -0.359 e. The Hall–Kier alpha value is -3.47. The summed E-state index contributed by atoms with van der Waals surface area (Å²) in [5.41, 5.74) is 8.84. The van der Waals surface area contributed by atoms with Gasteiger partial charge in [-0.2, -0.15) is 0 Å². The molecule has 0 spiro atoms. The minimum absolute atomic E-state index is 0.109. The van der Waals surface area contributed by atoms with E-state index in [4.69, 9.17) is 23.2 Å². The van der Waals surface area contributed by atoms with E-state index in [-0.39, 0.29) is 16.7 Å². The number of aryl methyl sites for hydroxylation is 2. The van der Waals surface area contributed by atoms with Crippen LogP contribution in [0.3, 0.4) is 0 Å². The molecule has 196 valence electrons. The molecule has 4 nitrogen and oxygen atoms in total. The van der Waals surface area contributed by atoms with Crippen LogP contribution >= 0.6 is 23.2 Å². The lowest BCUT2D eigenvalue weighted by Gasteiger charge is -2.17. The molecule has 3 aromatic carbocycles. The van der Waals surface area contributed by atoms with E-state index in [0.29, 0.717) is 10.7 Å². The van der Waals surface area contributed by atoms with Crippen molar-refractivity contribution in [1.82, 2.24) is 0 Å². The molecule has 0 heterocycles. The molecule has 1 aliphatic carbocycles. The number of nitrogens with zero attached hydrogens (tertiary/aromatic N) is 2. The second kappa shape index (κ2) is 11.1. The summed E-state index contributed by atoms with van der Waals surface area (Å²) in [7, 11) is 1.72. The van der Waals surface area contributed by atoms with Gasteiger partial charge in [0.25, 0.3) is 0 Å². The highest BCUT2D eigenvalue weighted by molar-refractivity contribution is 6.32. The predicted octanol–water partition coefficient (Wildman–Crippen LogP) is 8.98. The second-order valence-corrected chi connectivity index (χ2v) is 11.2. The number of rotatable bonds is 10. The number of allylic oxidation sites excluding steroid dienone is 1. The van der Waals surface area contributed by atoms with Gasteiger partial charge in [-0.25, -0.2) is 0 Å². The third kappa shape index (κ3) is 5.82. The average Bonchev–Trinajstić information content (AvgIpc) is 3.45. The van der Waals surface area contributed by atoms with Crippen LogP contribution in [0.5, 0.6) is 0 Å². The van der Waals surface area contributed by atoms with Crippen molar-refractivity contribution >= 4 is 52.3 Å². The molecular weight excluding hydrogens is 511 g/mol. The molecule has 3 aromatic rings. The van der Waals surface area contributed by atoms with Crippen LogP contribution in [0, 0.1) is 19.8 Å². The van der Waals surface area contributed by atoms with E-state index in [2.05, 4.69) is 74.3 Å². The first-order chi connectivity index (χ1) is 18.0. The van der Waals surface area contributed by atoms with Crippen molar-refractivity contribution in [2.24, 2.45) is 10.9 Å². The molecule has 6 heteroatoms. The van der Waals surface area contributed by atoms with Crippen molar-refractivity contribution in [3.63, 3.8) is 0 Å². The molecule has 3 atom stereocenters. The van der Waals surface area contributed by atoms with Crippen LogP contribution in [0.4, 0.5) is 17.1 Å². The highest BCUT2D eigenvalue weighted by Gasteiger charge is 2.62. The highest BCUT2D eigenvalue weighted by Crippen LogP contribution is 2.64. The molecular formula is C32H34Cl2N4. The third-order valence-corrected chi connectivity index (χ3v) is 7.71. The van der Waals surface area contributed by atoms with Crippen LogP contribution in [0.2, 0.25) is 5.02 Å². The Bertz CT molecular complexity index is 1390. The quantitative estimate of drug-likeness (QED) is 0.152. The van der Waals surface area contributed by atoms with Crippen LogP contribution in [0.1, 0.15) is 35.1 Å². The fourth-order valence-corrected chi connectivity index (χ4v) is 5.81. The van der Waals surface area contributed by atoms with E-state index < -0.39 is 0 Å². The first-order valence-corrected chi connectivity index (χ1v) is 13.2. The lowest BCUT2D eigenvalue weighted by molar-refractivity contribution is 0.898. The van der Waals surface area contributed by atoms with E-state index in [9.17, 15) is 0 Å². The summed E-state index contributed by atoms with van der Waals surface area (Å²) in [6.45, 7) is 18.7. The first kappa shape index (κ1) is 27.6. The number of anilines is 3. The largest absolute Gasteiger partial charge is 0.359 e. The lowest BCUT2D eigenvalue weighted by atomic mass is 10.0. The minimum atomic E-state index is -0.388. The number of hydrogen-bond donors (Lipinski definition) is 2. The Balaban J connectivity index is 1.47. The summed E-state index contributed by atoms with van der Waals surface area (Å²) in [5, 5.41) is 7.44. The number of alkyl halides is 1. The van der Waals surface area contributed by atoms with Gasteiger partial charge in [-0.15, -0.1) is 11.6 Å². The molecule has 2 N–H and O–H groups in total. The standard InChI is InChI=1S/C32H34Cl2N4/c1-8-38(19-35-7)27-12-9-25(10-13-27)36-22(4)28-18-26(11-14-29(28)33)37-23(5)30-31(32(30,6)34)24-16-20(2)15-21(3)17-24/h8-19,30-31,36-37H,1,4-5H2,2-3,6-7H3. The van der Waals surface area contributed by atoms with Gasteiger partial charge in [-0.05, 0) is 68.8 Å². The van der Waals surface area contributed by atoms with Crippen molar-refractivity contribution in [1.29, 1.82) is 0 Å². The molecule has 1 aliphatic rings. The summed E-state index contributed by atoms with van der Waals surface area (Å²) < 4.78 is 0. The summed E-state index contributed by atoms with van der Waals surface area (Å²) >= 11 is 13.5. The van der Waals surface area contributed by atoms with Crippen LogP contribution in [0.15, 0.2) is 97.3 Å². The van der Waals surface area contributed by atoms with Gasteiger partial charge in [0.05, 0.1) is 16.2 Å². The van der Waals surface area contributed by atoms with Crippen molar-refractivity contribution in [2.45, 2.75) is 31.6 Å². The van der Waals surface area contributed by atoms with E-state index in [1.54, 1.807) is 19.6 Å². The molecule has 0 bridgehead atoms. The first-order valence-electron chi connectivity index (χ1n) is 12.5. The maximum Gasteiger partial charge on any atom is 0.0931 e. The molecule has 0 saturated heterocycles. The smallest absolute Gasteiger partial charge is 0.0931 e. The fourth-order valence-electron chi connectivity index (χ4n) is 5.13. The van der Waals surface area contributed by atoms with Gasteiger partial charge < -0.3 is 15.5 Å². The molecule has 38 heavy (non-hydrogen) atoms. The van der Waals surface area contributed by atoms with Gasteiger partial charge in [0.2, 0.25) is 0 Å². The van der Waals surface area contributed by atoms with Gasteiger partial charge >= 0.3 is 0 Å². The van der Waals surface area contributed by atoms with E-state index in [1.807, 2.05) is 47.4 Å². The molecule has 1 saturated carbocycles. The van der Waals surface area contributed by atoms with E-state index in [1.165, 1.54) is 16.7 Å². The number of hydrogen-bond acceptors (Lipinski definition) is 3. The lowest BCUT2D eigenvalue weighted by Crippen LogP contribution is -2.12. The Labute approximate surface area is 236 Å². The normalized spacial score (nSPS) is 20.2. The molecule has 4 rings (SSSR count). The van der Waals surface area contributed by atoms with E-state index in [0.717, 1.165) is 28.3 Å². The van der Waals surface area contributed by atoms with Crippen molar-refractivity contribution in [3.8, 4) is 0 Å². The van der Waals surface area contributed by atoms with Crippen LogP contribution in [-0.2, 0) is 0 Å². The SMILES string of the molecule is C=CN(C=NC)c1ccc(NC(=C)c2cc(NC(=C)C3C(c4cc(C)cc(C)c4)C3(C)Cl)ccc2Cl)cc1. The van der Waals surface area contributed by atoms with E-state index >= 15 is 0 Å². The molecule has 0 aromatic heterocycles.